The Morgan fingerprint density at radius 1 is 0.759 bits per heavy atom. The van der Waals surface area contributed by atoms with Gasteiger partial charge in [-0.25, -0.2) is 4.79 Å². The number of ether oxygens (including phenoxy) is 2. The van der Waals surface area contributed by atoms with Crippen LogP contribution in [0.3, 0.4) is 0 Å². The summed E-state index contributed by atoms with van der Waals surface area (Å²) in [5.74, 6) is 0.0920. The first-order valence-electron chi connectivity index (χ1n) is 9.66. The smallest absolute Gasteiger partial charge is 0.343 e. The maximum atomic E-state index is 12.3. The van der Waals surface area contributed by atoms with Gasteiger partial charge in [-0.1, -0.05) is 39.8 Å². The number of esters is 2. The molecule has 1 N–H and O–H groups in total. The lowest BCUT2D eigenvalue weighted by molar-refractivity contribution is -0.131. The van der Waals surface area contributed by atoms with Crippen molar-refractivity contribution in [3.63, 3.8) is 0 Å². The minimum atomic E-state index is -0.490. The molecule has 3 aromatic carbocycles. The molecule has 0 aliphatic rings. The molecule has 5 heteroatoms. The summed E-state index contributed by atoms with van der Waals surface area (Å²) < 4.78 is 10.4. The number of carbonyl (C=O) groups excluding carboxylic acids is 2. The van der Waals surface area contributed by atoms with Crippen molar-refractivity contribution in [1.29, 1.82) is 0 Å². The van der Waals surface area contributed by atoms with Crippen molar-refractivity contribution >= 4 is 22.7 Å². The lowest BCUT2D eigenvalue weighted by atomic mass is 10.1. The minimum absolute atomic E-state index is 0.147. The molecule has 0 bridgehead atoms. The maximum Gasteiger partial charge on any atom is 0.343 e. The molecule has 0 saturated heterocycles. The Hall–Kier alpha value is -3.34. The van der Waals surface area contributed by atoms with Crippen LogP contribution in [0.25, 0.3) is 10.8 Å². The number of aromatic hydroxyl groups is 1. The summed E-state index contributed by atoms with van der Waals surface area (Å²) in [7, 11) is 0. The molecule has 3 aromatic rings. The fourth-order valence-electron chi connectivity index (χ4n) is 2.44. The number of fused-ring (bicyclic) bond motifs is 1. The quantitative estimate of drug-likeness (QED) is 0.431. The number of hydrogen-bond donors (Lipinski definition) is 1. The number of benzene rings is 3. The number of phenols is 1. The first-order valence-corrected chi connectivity index (χ1v) is 9.66. The normalized spacial score (nSPS) is 9.45. The van der Waals surface area contributed by atoms with Gasteiger partial charge < -0.3 is 14.6 Å². The van der Waals surface area contributed by atoms with Crippen molar-refractivity contribution in [1.82, 2.24) is 0 Å². The number of carbonyl (C=O) groups is 2. The third-order valence-corrected chi connectivity index (χ3v) is 3.69. The number of hydrogen-bond acceptors (Lipinski definition) is 5. The van der Waals surface area contributed by atoms with Gasteiger partial charge in [0.25, 0.3) is 0 Å². The summed E-state index contributed by atoms with van der Waals surface area (Å²) in [6.45, 7) is 11.1. The Balaban J connectivity index is 0.000000989. The highest BCUT2D eigenvalue weighted by atomic mass is 16.5. The zero-order valence-electron chi connectivity index (χ0n) is 17.8. The summed E-state index contributed by atoms with van der Waals surface area (Å²) >= 11 is 0. The van der Waals surface area contributed by atoms with E-state index >= 15 is 0 Å². The van der Waals surface area contributed by atoms with Crippen molar-refractivity contribution in [2.75, 3.05) is 0 Å². The van der Waals surface area contributed by atoms with E-state index in [2.05, 4.69) is 0 Å². The highest BCUT2D eigenvalue weighted by molar-refractivity contribution is 5.96. The molecule has 5 nitrogen and oxygen atoms in total. The zero-order chi connectivity index (χ0) is 22.0. The highest BCUT2D eigenvalue weighted by Gasteiger charge is 2.11. The fraction of sp³-hybridized carbons (Fsp3) is 0.250. The van der Waals surface area contributed by atoms with E-state index in [1.807, 2.05) is 27.7 Å². The molecule has 0 aliphatic carbocycles. The molecule has 0 unspecified atom stereocenters. The van der Waals surface area contributed by atoms with Gasteiger partial charge in [-0.2, -0.15) is 0 Å². The van der Waals surface area contributed by atoms with E-state index in [1.165, 1.54) is 19.1 Å². The van der Waals surface area contributed by atoms with Gasteiger partial charge in [0.05, 0.1) is 5.56 Å². The van der Waals surface area contributed by atoms with Crippen LogP contribution in [0.15, 0.2) is 54.6 Å². The van der Waals surface area contributed by atoms with Gasteiger partial charge in [0.1, 0.15) is 17.2 Å². The topological polar surface area (TPSA) is 72.8 Å². The van der Waals surface area contributed by atoms with Crippen molar-refractivity contribution in [3.05, 3.63) is 65.7 Å². The second-order valence-electron chi connectivity index (χ2n) is 5.66. The van der Waals surface area contributed by atoms with Gasteiger partial charge in [-0.3, -0.25) is 4.79 Å². The Morgan fingerprint density at radius 2 is 1.31 bits per heavy atom. The van der Waals surface area contributed by atoms with Crippen molar-refractivity contribution in [2.45, 2.75) is 41.5 Å². The second kappa shape index (κ2) is 11.5. The van der Waals surface area contributed by atoms with Gasteiger partial charge in [0.15, 0.2) is 0 Å². The summed E-state index contributed by atoms with van der Waals surface area (Å²) in [6.07, 6.45) is 0. The van der Waals surface area contributed by atoms with E-state index in [0.29, 0.717) is 22.6 Å². The van der Waals surface area contributed by atoms with Gasteiger partial charge in [0.2, 0.25) is 0 Å². The highest BCUT2D eigenvalue weighted by Crippen LogP contribution is 2.25. The third kappa shape index (κ3) is 6.64. The summed E-state index contributed by atoms with van der Waals surface area (Å²) in [6, 6.07) is 14.9. The second-order valence-corrected chi connectivity index (χ2v) is 5.66. The lowest BCUT2D eigenvalue weighted by Gasteiger charge is -2.08. The van der Waals surface area contributed by atoms with E-state index in [-0.39, 0.29) is 11.7 Å². The van der Waals surface area contributed by atoms with Gasteiger partial charge in [-0.05, 0) is 65.7 Å². The molecule has 154 valence electrons. The lowest BCUT2D eigenvalue weighted by Crippen LogP contribution is -2.08. The average Bonchev–Trinajstić information content (AvgIpc) is 2.73. The average molecular weight is 396 g/mol. The molecule has 0 saturated carbocycles. The number of aryl methyl sites for hydroxylation is 1. The minimum Gasteiger partial charge on any atom is -0.508 e. The van der Waals surface area contributed by atoms with Crippen LogP contribution < -0.4 is 9.47 Å². The third-order valence-electron chi connectivity index (χ3n) is 3.69. The molecule has 0 amide bonds. The Labute approximate surface area is 171 Å². The van der Waals surface area contributed by atoms with Crippen LogP contribution in [-0.4, -0.2) is 17.0 Å². The molecule has 0 aliphatic heterocycles. The standard InChI is InChI=1S/C20H16O5.2C2H6/c1-12-9-17(7-8-19(12)22)25-20(23)16-4-3-15-11-18(24-13(2)21)6-5-14(15)10-16;2*1-2/h3-11,22H,1-2H3;2*1-2H3. The Kier molecular flexibility index (Phi) is 9.39. The van der Waals surface area contributed by atoms with Crippen LogP contribution >= 0.6 is 0 Å². The van der Waals surface area contributed by atoms with E-state index in [0.717, 1.165) is 10.8 Å². The van der Waals surface area contributed by atoms with Crippen LogP contribution in [-0.2, 0) is 4.79 Å². The first kappa shape index (κ1) is 23.7. The molecule has 0 spiro atoms. The fourth-order valence-corrected chi connectivity index (χ4v) is 2.44. The summed E-state index contributed by atoms with van der Waals surface area (Å²) in [4.78, 5) is 23.3. The van der Waals surface area contributed by atoms with Crippen LogP contribution in [0, 0.1) is 6.92 Å². The van der Waals surface area contributed by atoms with Gasteiger partial charge >= 0.3 is 11.9 Å². The van der Waals surface area contributed by atoms with Crippen molar-refractivity contribution in [2.24, 2.45) is 0 Å². The SMILES string of the molecule is CC.CC.CC(=O)Oc1ccc2cc(C(=O)Oc3ccc(O)c(C)c3)ccc2c1. The maximum absolute atomic E-state index is 12.3. The van der Waals surface area contributed by atoms with E-state index < -0.39 is 5.97 Å². The molecule has 0 heterocycles. The summed E-state index contributed by atoms with van der Waals surface area (Å²) in [5.41, 5.74) is 1.03. The van der Waals surface area contributed by atoms with Crippen LogP contribution in [0.4, 0.5) is 0 Å². The van der Waals surface area contributed by atoms with E-state index in [9.17, 15) is 14.7 Å². The molecule has 0 radical (unpaired) electrons. The van der Waals surface area contributed by atoms with Crippen LogP contribution in [0.5, 0.6) is 17.2 Å². The number of phenolic OH excluding ortho intramolecular Hbond substituents is 1. The summed E-state index contributed by atoms with van der Waals surface area (Å²) in [5, 5.41) is 11.2. The molecule has 3 rings (SSSR count). The first-order chi connectivity index (χ1) is 13.9. The van der Waals surface area contributed by atoms with E-state index in [4.69, 9.17) is 9.47 Å². The van der Waals surface area contributed by atoms with Crippen molar-refractivity contribution < 1.29 is 24.2 Å². The largest absolute Gasteiger partial charge is 0.508 e. The van der Waals surface area contributed by atoms with E-state index in [1.54, 1.807) is 49.4 Å². The molecular formula is C24H28O5. The van der Waals surface area contributed by atoms with Crippen LogP contribution in [0.1, 0.15) is 50.5 Å². The predicted molar refractivity (Wildman–Crippen MR) is 116 cm³/mol. The predicted octanol–water partition coefficient (Wildman–Crippen LogP) is 6.05. The zero-order valence-corrected chi connectivity index (χ0v) is 17.8. The Morgan fingerprint density at radius 3 is 1.93 bits per heavy atom. The molecule has 0 atom stereocenters. The Bertz CT molecular complexity index is 976. The number of rotatable bonds is 3. The van der Waals surface area contributed by atoms with Crippen LogP contribution in [0.2, 0.25) is 0 Å². The molecule has 29 heavy (non-hydrogen) atoms. The molecule has 0 fully saturated rings. The molecular weight excluding hydrogens is 368 g/mol. The van der Waals surface area contributed by atoms with Gasteiger partial charge in [-0.15, -0.1) is 0 Å². The molecule has 0 aromatic heterocycles. The monoisotopic (exact) mass is 396 g/mol. The van der Waals surface area contributed by atoms with Crippen molar-refractivity contribution in [3.8, 4) is 17.2 Å². The van der Waals surface area contributed by atoms with Gasteiger partial charge in [0, 0.05) is 6.92 Å².